The van der Waals surface area contributed by atoms with Crippen LogP contribution < -0.4 is 19.1 Å². The van der Waals surface area contributed by atoms with Crippen LogP contribution in [0.15, 0.2) is 112 Å². The molecule has 1 N–H and O–H groups in total. The summed E-state index contributed by atoms with van der Waals surface area (Å²) in [6, 6.07) is 28.4. The first-order chi connectivity index (χ1) is 22.2. The largest absolute Gasteiger partial charge is 0.497 e. The first kappa shape index (κ1) is 34.5. The number of methoxy groups -OCH3 is 1. The van der Waals surface area contributed by atoms with Gasteiger partial charge in [-0.3, -0.25) is 13.9 Å². The van der Waals surface area contributed by atoms with Gasteiger partial charge in [0.1, 0.15) is 24.1 Å². The van der Waals surface area contributed by atoms with Crippen molar-refractivity contribution in [2.45, 2.75) is 37.8 Å². The number of anilines is 1. The quantitative estimate of drug-likeness (QED) is 0.167. The molecule has 2 amide bonds. The van der Waals surface area contributed by atoms with Crippen molar-refractivity contribution in [2.75, 3.05) is 31.1 Å². The second-order valence-electron chi connectivity index (χ2n) is 10.4. The normalized spacial score (nSPS) is 11.7. The van der Waals surface area contributed by atoms with Gasteiger partial charge in [-0.25, -0.2) is 8.42 Å². The van der Waals surface area contributed by atoms with E-state index in [0.29, 0.717) is 29.1 Å². The molecule has 0 aromatic heterocycles. The van der Waals surface area contributed by atoms with Gasteiger partial charge in [0.2, 0.25) is 11.8 Å². The predicted octanol–water partition coefficient (Wildman–Crippen LogP) is 5.83. The molecular formula is C35H38BrN3O6S. The van der Waals surface area contributed by atoms with Gasteiger partial charge in [-0.05, 0) is 85.6 Å². The Morgan fingerprint density at radius 2 is 1.52 bits per heavy atom. The number of carbonyl (C=O) groups excluding carboxylic acids is 2. The molecule has 4 rings (SSSR count). The zero-order valence-electron chi connectivity index (χ0n) is 26.1. The van der Waals surface area contributed by atoms with Gasteiger partial charge in [0.15, 0.2) is 0 Å². The Balaban J connectivity index is 1.80. The number of sulfonamides is 1. The summed E-state index contributed by atoms with van der Waals surface area (Å²) in [7, 11) is -2.67. The number of ether oxygens (including phenoxy) is 2. The SMILES string of the molecule is CCNC(=O)[C@@H](Cc1ccccc1)N(Cc1cccc(OC)c1)C(=O)CN(c1ccc(OCC)cc1)S(=O)(=O)c1ccc(Br)cc1. The minimum absolute atomic E-state index is 0.0151. The van der Waals surface area contributed by atoms with E-state index in [1.165, 1.54) is 17.0 Å². The van der Waals surface area contributed by atoms with Gasteiger partial charge < -0.3 is 19.7 Å². The third-order valence-corrected chi connectivity index (χ3v) is 9.54. The van der Waals surface area contributed by atoms with Gasteiger partial charge in [0, 0.05) is 24.0 Å². The summed E-state index contributed by atoms with van der Waals surface area (Å²) in [6.07, 6.45) is 0.227. The lowest BCUT2D eigenvalue weighted by molar-refractivity contribution is -0.140. The smallest absolute Gasteiger partial charge is 0.264 e. The van der Waals surface area contributed by atoms with Crippen LogP contribution >= 0.6 is 15.9 Å². The lowest BCUT2D eigenvalue weighted by Gasteiger charge is -2.34. The molecule has 4 aromatic carbocycles. The average molecular weight is 709 g/mol. The summed E-state index contributed by atoms with van der Waals surface area (Å²) in [5.74, 6) is 0.268. The summed E-state index contributed by atoms with van der Waals surface area (Å²) in [5, 5.41) is 2.87. The number of rotatable bonds is 15. The van der Waals surface area contributed by atoms with E-state index in [-0.39, 0.29) is 29.5 Å². The van der Waals surface area contributed by atoms with Crippen LogP contribution in [-0.2, 0) is 32.6 Å². The van der Waals surface area contributed by atoms with Crippen molar-refractivity contribution >= 4 is 43.5 Å². The highest BCUT2D eigenvalue weighted by Crippen LogP contribution is 2.28. The number of nitrogens with zero attached hydrogens (tertiary/aromatic N) is 2. The first-order valence-electron chi connectivity index (χ1n) is 14.9. The molecule has 0 aliphatic heterocycles. The lowest BCUT2D eigenvalue weighted by atomic mass is 10.0. The second-order valence-corrected chi connectivity index (χ2v) is 13.1. The third kappa shape index (κ3) is 8.88. The highest BCUT2D eigenvalue weighted by molar-refractivity contribution is 9.10. The van der Waals surface area contributed by atoms with Crippen LogP contribution in [0.3, 0.4) is 0 Å². The number of hydrogen-bond donors (Lipinski definition) is 1. The molecule has 242 valence electrons. The van der Waals surface area contributed by atoms with E-state index in [0.717, 1.165) is 15.4 Å². The van der Waals surface area contributed by atoms with E-state index in [1.54, 1.807) is 61.7 Å². The third-order valence-electron chi connectivity index (χ3n) is 7.23. The number of likely N-dealkylation sites (N-methyl/N-ethyl adjacent to an activating group) is 1. The van der Waals surface area contributed by atoms with Gasteiger partial charge in [-0.15, -0.1) is 0 Å². The van der Waals surface area contributed by atoms with Crippen LogP contribution in [0.2, 0.25) is 0 Å². The molecule has 0 heterocycles. The van der Waals surface area contributed by atoms with Gasteiger partial charge in [-0.1, -0.05) is 58.4 Å². The first-order valence-corrected chi connectivity index (χ1v) is 17.1. The molecule has 4 aromatic rings. The van der Waals surface area contributed by atoms with E-state index in [9.17, 15) is 18.0 Å². The van der Waals surface area contributed by atoms with Gasteiger partial charge in [-0.2, -0.15) is 0 Å². The van der Waals surface area contributed by atoms with Gasteiger partial charge in [0.05, 0.1) is 24.3 Å². The summed E-state index contributed by atoms with van der Waals surface area (Å²) < 4.78 is 41.1. The van der Waals surface area contributed by atoms with Gasteiger partial charge >= 0.3 is 0 Å². The van der Waals surface area contributed by atoms with Crippen LogP contribution in [0.4, 0.5) is 5.69 Å². The molecule has 1 atom stereocenters. The minimum Gasteiger partial charge on any atom is -0.497 e. The number of halogens is 1. The summed E-state index contributed by atoms with van der Waals surface area (Å²) in [4.78, 5) is 29.6. The Morgan fingerprint density at radius 1 is 0.848 bits per heavy atom. The molecule has 46 heavy (non-hydrogen) atoms. The molecule has 0 aliphatic rings. The molecule has 0 radical (unpaired) electrons. The maximum Gasteiger partial charge on any atom is 0.264 e. The Morgan fingerprint density at radius 3 is 2.15 bits per heavy atom. The van der Waals surface area contributed by atoms with Gasteiger partial charge in [0.25, 0.3) is 10.0 Å². The highest BCUT2D eigenvalue weighted by atomic mass is 79.9. The Kier molecular flexibility index (Phi) is 12.2. The minimum atomic E-state index is -4.22. The van der Waals surface area contributed by atoms with Crippen molar-refractivity contribution in [1.29, 1.82) is 0 Å². The molecule has 0 fully saturated rings. The van der Waals surface area contributed by atoms with Crippen molar-refractivity contribution in [2.24, 2.45) is 0 Å². The van der Waals surface area contributed by atoms with E-state index < -0.39 is 28.5 Å². The number of carbonyl (C=O) groups is 2. The Bertz CT molecular complexity index is 1700. The topological polar surface area (TPSA) is 105 Å². The van der Waals surface area contributed by atoms with E-state index in [4.69, 9.17) is 9.47 Å². The van der Waals surface area contributed by atoms with Crippen molar-refractivity contribution in [3.63, 3.8) is 0 Å². The molecule has 0 aliphatic carbocycles. The van der Waals surface area contributed by atoms with Crippen LogP contribution in [0.1, 0.15) is 25.0 Å². The molecule has 0 bridgehead atoms. The average Bonchev–Trinajstić information content (AvgIpc) is 3.06. The van der Waals surface area contributed by atoms with Crippen molar-refractivity contribution < 1.29 is 27.5 Å². The summed E-state index contributed by atoms with van der Waals surface area (Å²) in [6.45, 7) is 3.96. The van der Waals surface area contributed by atoms with E-state index >= 15 is 0 Å². The summed E-state index contributed by atoms with van der Waals surface area (Å²) >= 11 is 3.36. The van der Waals surface area contributed by atoms with Crippen molar-refractivity contribution in [3.8, 4) is 11.5 Å². The predicted molar refractivity (Wildman–Crippen MR) is 182 cm³/mol. The number of amides is 2. The number of benzene rings is 4. The molecule has 0 saturated heterocycles. The monoisotopic (exact) mass is 707 g/mol. The van der Waals surface area contributed by atoms with Crippen molar-refractivity contribution in [3.05, 3.63) is 119 Å². The molecule has 0 spiro atoms. The van der Waals surface area contributed by atoms with Crippen LogP contribution in [0.25, 0.3) is 0 Å². The standard InChI is InChI=1S/C35H38BrN3O6S/c1-4-37-35(41)33(23-26-10-7-6-8-11-26)38(24-27-12-9-13-31(22-27)44-3)34(40)25-39(29-16-18-30(19-17-29)45-5-2)46(42,43)32-20-14-28(36)15-21-32/h6-22,33H,4-5,23-25H2,1-3H3,(H,37,41)/t33-/m1/s1. The van der Waals surface area contributed by atoms with Crippen LogP contribution in [-0.4, -0.2) is 58.0 Å². The molecular weight excluding hydrogens is 670 g/mol. The second kappa shape index (κ2) is 16.3. The van der Waals surface area contributed by atoms with Crippen LogP contribution in [0, 0.1) is 0 Å². The lowest BCUT2D eigenvalue weighted by Crippen LogP contribution is -2.53. The van der Waals surface area contributed by atoms with E-state index in [2.05, 4.69) is 21.2 Å². The number of hydrogen-bond acceptors (Lipinski definition) is 6. The Hall–Kier alpha value is -4.35. The molecule has 0 saturated carbocycles. The fourth-order valence-electron chi connectivity index (χ4n) is 4.95. The molecule has 9 nitrogen and oxygen atoms in total. The number of nitrogens with one attached hydrogen (secondary N) is 1. The zero-order chi connectivity index (χ0) is 33.1. The summed E-state index contributed by atoms with van der Waals surface area (Å²) in [5.41, 5.74) is 1.85. The fourth-order valence-corrected chi connectivity index (χ4v) is 6.63. The highest BCUT2D eigenvalue weighted by Gasteiger charge is 2.34. The van der Waals surface area contributed by atoms with E-state index in [1.807, 2.05) is 50.2 Å². The maximum absolute atomic E-state index is 14.5. The maximum atomic E-state index is 14.5. The Labute approximate surface area is 279 Å². The van der Waals surface area contributed by atoms with Crippen LogP contribution in [0.5, 0.6) is 11.5 Å². The molecule has 11 heteroatoms. The molecule has 0 unspecified atom stereocenters. The zero-order valence-corrected chi connectivity index (χ0v) is 28.5. The fraction of sp³-hybridized carbons (Fsp3) is 0.257. The van der Waals surface area contributed by atoms with Crippen molar-refractivity contribution in [1.82, 2.24) is 10.2 Å².